The van der Waals surface area contributed by atoms with E-state index in [2.05, 4.69) is 4.98 Å². The molecule has 98 valence electrons. The van der Waals surface area contributed by atoms with Crippen LogP contribution in [0.15, 0.2) is 16.6 Å². The Balaban J connectivity index is 2.13. The van der Waals surface area contributed by atoms with Crippen LogP contribution in [0.25, 0.3) is 4.96 Å². The molecule has 1 aliphatic rings. The molecule has 2 aromatic heterocycles. The molecule has 18 heavy (non-hydrogen) atoms. The maximum atomic E-state index is 12.6. The number of halogens is 1. The molecule has 0 N–H and O–H groups in total. The zero-order chi connectivity index (χ0) is 12.9. The molecule has 0 radical (unpaired) electrons. The molecule has 0 bridgehead atoms. The number of fused-ring (bicyclic) bond motifs is 1. The highest BCUT2D eigenvalue weighted by Crippen LogP contribution is 2.30. The maximum absolute atomic E-state index is 12.6. The number of sulfonamides is 1. The molecule has 1 fully saturated rings. The monoisotopic (exact) mass is 305 g/mol. The average Bonchev–Trinajstić information content (AvgIpc) is 2.92. The van der Waals surface area contributed by atoms with Gasteiger partial charge in [0, 0.05) is 24.7 Å². The number of nitrogens with zero attached hydrogens (tertiary/aromatic N) is 3. The molecule has 0 aliphatic carbocycles. The van der Waals surface area contributed by atoms with Gasteiger partial charge in [-0.05, 0) is 12.3 Å². The number of thiazole rings is 1. The van der Waals surface area contributed by atoms with E-state index in [1.807, 2.05) is 6.92 Å². The van der Waals surface area contributed by atoms with Gasteiger partial charge in [-0.2, -0.15) is 4.31 Å². The van der Waals surface area contributed by atoms with Crippen molar-refractivity contribution < 1.29 is 8.42 Å². The zero-order valence-corrected chi connectivity index (χ0v) is 12.1. The van der Waals surface area contributed by atoms with Gasteiger partial charge >= 0.3 is 0 Å². The van der Waals surface area contributed by atoms with Crippen LogP contribution in [-0.4, -0.2) is 35.2 Å². The van der Waals surface area contributed by atoms with E-state index in [1.165, 1.54) is 15.6 Å². The van der Waals surface area contributed by atoms with Crippen LogP contribution in [0.5, 0.6) is 0 Å². The minimum atomic E-state index is -3.55. The third-order valence-corrected chi connectivity index (χ3v) is 6.17. The number of hydrogen-bond acceptors (Lipinski definition) is 4. The lowest BCUT2D eigenvalue weighted by Crippen LogP contribution is -2.29. The predicted octanol–water partition coefficient (Wildman–Crippen LogP) is 2.08. The molecule has 0 saturated carbocycles. The van der Waals surface area contributed by atoms with Gasteiger partial charge in [0.15, 0.2) is 15.1 Å². The van der Waals surface area contributed by atoms with Gasteiger partial charge in [-0.15, -0.1) is 11.3 Å². The molecule has 1 aliphatic heterocycles. The lowest BCUT2D eigenvalue weighted by Gasteiger charge is -2.15. The first kappa shape index (κ1) is 12.4. The van der Waals surface area contributed by atoms with Crippen LogP contribution >= 0.6 is 22.9 Å². The van der Waals surface area contributed by atoms with Crippen molar-refractivity contribution in [3.05, 3.63) is 16.7 Å². The molecule has 0 amide bonds. The van der Waals surface area contributed by atoms with Crippen LogP contribution in [0, 0.1) is 5.92 Å². The third kappa shape index (κ3) is 1.77. The van der Waals surface area contributed by atoms with E-state index in [9.17, 15) is 8.42 Å². The van der Waals surface area contributed by atoms with Gasteiger partial charge in [-0.1, -0.05) is 18.5 Å². The largest absolute Gasteiger partial charge is 0.279 e. The Hall–Kier alpha value is -0.630. The van der Waals surface area contributed by atoms with Crippen LogP contribution in [0.2, 0.25) is 5.15 Å². The van der Waals surface area contributed by atoms with E-state index in [4.69, 9.17) is 11.6 Å². The normalized spacial score (nSPS) is 22.0. The molecule has 8 heteroatoms. The second-order valence-corrected chi connectivity index (χ2v) is 7.60. The summed E-state index contributed by atoms with van der Waals surface area (Å²) in [5.41, 5.74) is 0. The molecule has 0 spiro atoms. The smallest absolute Gasteiger partial charge is 0.262 e. The zero-order valence-electron chi connectivity index (χ0n) is 9.71. The molecule has 3 heterocycles. The van der Waals surface area contributed by atoms with Crippen LogP contribution < -0.4 is 0 Å². The molecule has 1 unspecified atom stereocenters. The first-order valence-electron chi connectivity index (χ1n) is 5.61. The first-order chi connectivity index (χ1) is 8.50. The highest BCUT2D eigenvalue weighted by Gasteiger charge is 2.35. The van der Waals surface area contributed by atoms with E-state index in [-0.39, 0.29) is 10.2 Å². The summed E-state index contributed by atoms with van der Waals surface area (Å²) in [5.74, 6) is 0.393. The average molecular weight is 306 g/mol. The lowest BCUT2D eigenvalue weighted by atomic mass is 10.2. The Kier molecular flexibility index (Phi) is 2.89. The van der Waals surface area contributed by atoms with Crippen molar-refractivity contribution in [3.8, 4) is 0 Å². The maximum Gasteiger partial charge on any atom is 0.262 e. The second-order valence-electron chi connectivity index (χ2n) is 4.52. The van der Waals surface area contributed by atoms with Crippen LogP contribution in [0.3, 0.4) is 0 Å². The molecular weight excluding hydrogens is 294 g/mol. The van der Waals surface area contributed by atoms with Gasteiger partial charge < -0.3 is 0 Å². The fourth-order valence-corrected chi connectivity index (χ4v) is 5.19. The van der Waals surface area contributed by atoms with E-state index in [0.717, 1.165) is 6.42 Å². The van der Waals surface area contributed by atoms with Crippen LogP contribution in [0.1, 0.15) is 13.3 Å². The van der Waals surface area contributed by atoms with Gasteiger partial charge in [-0.25, -0.2) is 13.4 Å². The lowest BCUT2D eigenvalue weighted by molar-refractivity contribution is 0.461. The topological polar surface area (TPSA) is 54.7 Å². The van der Waals surface area contributed by atoms with E-state index < -0.39 is 10.0 Å². The fourth-order valence-electron chi connectivity index (χ4n) is 2.20. The minimum Gasteiger partial charge on any atom is -0.279 e. The van der Waals surface area contributed by atoms with Crippen LogP contribution in [0.4, 0.5) is 0 Å². The van der Waals surface area contributed by atoms with Gasteiger partial charge in [0.2, 0.25) is 0 Å². The van der Waals surface area contributed by atoms with Crippen molar-refractivity contribution in [2.24, 2.45) is 5.92 Å². The summed E-state index contributed by atoms with van der Waals surface area (Å²) in [6.45, 7) is 3.15. The number of aromatic nitrogens is 2. The van der Waals surface area contributed by atoms with Gasteiger partial charge in [0.1, 0.15) is 0 Å². The number of rotatable bonds is 2. The molecule has 5 nitrogen and oxygen atoms in total. The molecule has 1 atom stereocenters. The Morgan fingerprint density at radius 3 is 3.00 bits per heavy atom. The van der Waals surface area contributed by atoms with Crippen molar-refractivity contribution in [2.45, 2.75) is 18.4 Å². The van der Waals surface area contributed by atoms with Gasteiger partial charge in [0.05, 0.1) is 0 Å². The van der Waals surface area contributed by atoms with E-state index in [0.29, 0.717) is 24.0 Å². The quantitative estimate of drug-likeness (QED) is 0.853. The summed E-state index contributed by atoms with van der Waals surface area (Å²) in [5, 5.41) is 1.94. The highest BCUT2D eigenvalue weighted by atomic mass is 35.5. The van der Waals surface area contributed by atoms with Crippen molar-refractivity contribution in [1.82, 2.24) is 13.7 Å². The Labute approximate surface area is 114 Å². The fraction of sp³-hybridized carbons (Fsp3) is 0.500. The van der Waals surface area contributed by atoms with Crippen LogP contribution in [-0.2, 0) is 10.0 Å². The first-order valence-corrected chi connectivity index (χ1v) is 8.31. The van der Waals surface area contributed by atoms with Gasteiger partial charge in [0.25, 0.3) is 10.0 Å². The summed E-state index contributed by atoms with van der Waals surface area (Å²) < 4.78 is 28.2. The van der Waals surface area contributed by atoms with Gasteiger partial charge in [-0.3, -0.25) is 4.40 Å². The van der Waals surface area contributed by atoms with Crippen molar-refractivity contribution in [2.75, 3.05) is 13.1 Å². The number of hydrogen-bond donors (Lipinski definition) is 0. The number of imidazole rings is 1. The summed E-state index contributed by atoms with van der Waals surface area (Å²) in [6.07, 6.45) is 2.58. The Morgan fingerprint density at radius 1 is 1.56 bits per heavy atom. The molecule has 2 aromatic rings. The molecule has 1 saturated heterocycles. The Morgan fingerprint density at radius 2 is 2.33 bits per heavy atom. The third-order valence-electron chi connectivity index (χ3n) is 3.15. The van der Waals surface area contributed by atoms with Crippen molar-refractivity contribution >= 4 is 37.9 Å². The Bertz CT molecular complexity index is 691. The predicted molar refractivity (Wildman–Crippen MR) is 70.6 cm³/mol. The molecular formula is C10H12ClN3O2S2. The molecule has 0 aromatic carbocycles. The molecule has 3 rings (SSSR count). The minimum absolute atomic E-state index is 0.0569. The standard InChI is InChI=1S/C10H12ClN3O2S2/c1-7-2-3-13(6-7)18(15,16)9-8(11)12-10-14(9)4-5-17-10/h4-5,7H,2-3,6H2,1H3. The second kappa shape index (κ2) is 4.19. The summed E-state index contributed by atoms with van der Waals surface area (Å²) >= 11 is 7.34. The van der Waals surface area contributed by atoms with E-state index in [1.54, 1.807) is 16.0 Å². The summed E-state index contributed by atoms with van der Waals surface area (Å²) in [4.78, 5) is 4.67. The summed E-state index contributed by atoms with van der Waals surface area (Å²) in [7, 11) is -3.55. The SMILES string of the molecule is CC1CCN(S(=O)(=O)c2c(Cl)nc3sccn23)C1. The van der Waals surface area contributed by atoms with E-state index >= 15 is 0 Å². The highest BCUT2D eigenvalue weighted by molar-refractivity contribution is 7.89. The van der Waals surface area contributed by atoms with Crippen molar-refractivity contribution in [3.63, 3.8) is 0 Å². The summed E-state index contributed by atoms with van der Waals surface area (Å²) in [6, 6.07) is 0. The van der Waals surface area contributed by atoms with Crippen molar-refractivity contribution in [1.29, 1.82) is 0 Å².